The van der Waals surface area contributed by atoms with Crippen molar-refractivity contribution in [2.45, 2.75) is 59.8 Å². The van der Waals surface area contributed by atoms with Crippen LogP contribution in [0, 0.1) is 5.41 Å². The van der Waals surface area contributed by atoms with E-state index in [1.54, 1.807) is 0 Å². The third kappa shape index (κ3) is 3.00. The maximum Gasteiger partial charge on any atom is -0.0122 e. The summed E-state index contributed by atoms with van der Waals surface area (Å²) in [6.07, 6.45) is 6.97. The molecule has 0 heterocycles. The molecule has 0 aromatic heterocycles. The van der Waals surface area contributed by atoms with E-state index in [1.807, 2.05) is 13.8 Å². The summed E-state index contributed by atoms with van der Waals surface area (Å²) < 4.78 is 0. The van der Waals surface area contributed by atoms with Crippen molar-refractivity contribution in [3.8, 4) is 0 Å². The summed E-state index contributed by atoms with van der Waals surface area (Å²) in [7, 11) is 0. The second-order valence-electron chi connectivity index (χ2n) is 3.90. The number of allylic oxidation sites excluding steroid dienone is 1. The second-order valence-corrected chi connectivity index (χ2v) is 3.90. The van der Waals surface area contributed by atoms with Crippen LogP contribution in [0.2, 0.25) is 0 Å². The van der Waals surface area contributed by atoms with Gasteiger partial charge in [0.25, 0.3) is 0 Å². The Labute approximate surface area is 78.1 Å². The summed E-state index contributed by atoms with van der Waals surface area (Å²) in [6.45, 7) is 12.6. The molecule has 0 amide bonds. The molecule has 0 nitrogen and oxygen atoms in total. The fraction of sp³-hybridized carbons (Fsp3) is 0.833. The van der Waals surface area contributed by atoms with Gasteiger partial charge < -0.3 is 0 Å². The molecule has 0 unspecified atom stereocenters. The van der Waals surface area contributed by atoms with Crippen LogP contribution in [0.3, 0.4) is 0 Å². The average molecular weight is 168 g/mol. The molecule has 1 fully saturated rings. The van der Waals surface area contributed by atoms with Crippen LogP contribution in [0.5, 0.6) is 0 Å². The molecule has 1 aliphatic rings. The van der Waals surface area contributed by atoms with Crippen molar-refractivity contribution in [2.24, 2.45) is 5.41 Å². The Bertz CT molecular complexity index is 127. The third-order valence-corrected chi connectivity index (χ3v) is 2.99. The molecule has 1 rings (SSSR count). The van der Waals surface area contributed by atoms with Crippen LogP contribution in [0.25, 0.3) is 0 Å². The summed E-state index contributed by atoms with van der Waals surface area (Å²) in [5.41, 5.74) is 1.87. The van der Waals surface area contributed by atoms with Gasteiger partial charge in [0.1, 0.15) is 0 Å². The van der Waals surface area contributed by atoms with E-state index in [2.05, 4.69) is 20.4 Å². The molecule has 0 radical (unpaired) electrons. The lowest BCUT2D eigenvalue weighted by Crippen LogP contribution is -2.20. The summed E-state index contributed by atoms with van der Waals surface area (Å²) in [6, 6.07) is 0. The Morgan fingerprint density at radius 3 is 1.75 bits per heavy atom. The first kappa shape index (κ1) is 11.7. The molecular formula is C12H24. The summed E-state index contributed by atoms with van der Waals surface area (Å²) in [5, 5.41) is 0. The van der Waals surface area contributed by atoms with Gasteiger partial charge in [-0.05, 0) is 25.2 Å². The summed E-state index contributed by atoms with van der Waals surface area (Å²) in [4.78, 5) is 0. The first-order valence-corrected chi connectivity index (χ1v) is 5.31. The van der Waals surface area contributed by atoms with E-state index < -0.39 is 0 Å². The van der Waals surface area contributed by atoms with Crippen LogP contribution in [-0.2, 0) is 0 Å². The molecule has 1 aliphatic carbocycles. The molecule has 0 aliphatic heterocycles. The first-order chi connectivity index (χ1) is 5.65. The molecule has 0 aromatic carbocycles. The van der Waals surface area contributed by atoms with Gasteiger partial charge in [-0.2, -0.15) is 0 Å². The Morgan fingerprint density at radius 1 is 1.08 bits per heavy atom. The lowest BCUT2D eigenvalue weighted by molar-refractivity contribution is 0.268. The molecule has 0 spiro atoms. The van der Waals surface area contributed by atoms with Crippen LogP contribution in [0.1, 0.15) is 59.8 Å². The van der Waals surface area contributed by atoms with Crippen molar-refractivity contribution in [1.29, 1.82) is 0 Å². The maximum absolute atomic E-state index is 4.05. The maximum atomic E-state index is 4.05. The zero-order valence-electron chi connectivity index (χ0n) is 9.24. The first-order valence-electron chi connectivity index (χ1n) is 5.31. The molecule has 0 heteroatoms. The SMILES string of the molecule is C=C(C)C1(C)CCCCC1.CC. The van der Waals surface area contributed by atoms with Crippen molar-refractivity contribution in [2.75, 3.05) is 0 Å². The normalized spacial score (nSPS) is 20.7. The Morgan fingerprint density at radius 2 is 1.50 bits per heavy atom. The molecule has 0 bridgehead atoms. The molecular weight excluding hydrogens is 144 g/mol. The predicted molar refractivity (Wildman–Crippen MR) is 57.4 cm³/mol. The Kier molecular flexibility index (Phi) is 5.28. The van der Waals surface area contributed by atoms with Gasteiger partial charge in [0.2, 0.25) is 0 Å². The van der Waals surface area contributed by atoms with E-state index in [4.69, 9.17) is 0 Å². The standard InChI is InChI=1S/C10H18.C2H6/c1-9(2)10(3)7-5-4-6-8-10;1-2/h1,4-8H2,2-3H3;1-2H3. The van der Waals surface area contributed by atoms with E-state index in [9.17, 15) is 0 Å². The van der Waals surface area contributed by atoms with Gasteiger partial charge >= 0.3 is 0 Å². The van der Waals surface area contributed by atoms with Crippen molar-refractivity contribution in [3.05, 3.63) is 12.2 Å². The minimum absolute atomic E-state index is 0.484. The van der Waals surface area contributed by atoms with Gasteiger partial charge in [0, 0.05) is 0 Å². The average Bonchev–Trinajstić information content (AvgIpc) is 2.09. The van der Waals surface area contributed by atoms with Crippen LogP contribution in [-0.4, -0.2) is 0 Å². The van der Waals surface area contributed by atoms with Crippen LogP contribution >= 0.6 is 0 Å². The highest BCUT2D eigenvalue weighted by Gasteiger charge is 2.26. The van der Waals surface area contributed by atoms with Gasteiger partial charge in [0.15, 0.2) is 0 Å². The highest BCUT2D eigenvalue weighted by Crippen LogP contribution is 2.40. The Balaban J connectivity index is 0.000000561. The van der Waals surface area contributed by atoms with Gasteiger partial charge in [-0.15, -0.1) is 0 Å². The topological polar surface area (TPSA) is 0 Å². The minimum Gasteiger partial charge on any atom is -0.0996 e. The smallest absolute Gasteiger partial charge is 0.0122 e. The van der Waals surface area contributed by atoms with Crippen LogP contribution < -0.4 is 0 Å². The lowest BCUT2D eigenvalue weighted by atomic mass is 9.72. The minimum atomic E-state index is 0.484. The fourth-order valence-electron chi connectivity index (χ4n) is 1.76. The number of hydrogen-bond donors (Lipinski definition) is 0. The molecule has 12 heavy (non-hydrogen) atoms. The molecule has 0 atom stereocenters. The fourth-order valence-corrected chi connectivity index (χ4v) is 1.76. The number of hydrogen-bond acceptors (Lipinski definition) is 0. The van der Waals surface area contributed by atoms with E-state index in [1.165, 1.54) is 37.7 Å². The zero-order chi connectivity index (χ0) is 9.61. The highest BCUT2D eigenvalue weighted by molar-refractivity contribution is 5.06. The predicted octanol–water partition coefficient (Wildman–Crippen LogP) is 4.56. The summed E-state index contributed by atoms with van der Waals surface area (Å²) in [5.74, 6) is 0. The van der Waals surface area contributed by atoms with Gasteiger partial charge in [-0.25, -0.2) is 0 Å². The van der Waals surface area contributed by atoms with Crippen molar-refractivity contribution in [3.63, 3.8) is 0 Å². The highest BCUT2D eigenvalue weighted by atomic mass is 14.3. The van der Waals surface area contributed by atoms with Gasteiger partial charge in [0.05, 0.1) is 0 Å². The van der Waals surface area contributed by atoms with Crippen molar-refractivity contribution < 1.29 is 0 Å². The molecule has 72 valence electrons. The third-order valence-electron chi connectivity index (χ3n) is 2.99. The van der Waals surface area contributed by atoms with E-state index in [0.717, 1.165) is 0 Å². The van der Waals surface area contributed by atoms with Crippen molar-refractivity contribution >= 4 is 0 Å². The van der Waals surface area contributed by atoms with Gasteiger partial charge in [-0.1, -0.05) is 52.2 Å². The van der Waals surface area contributed by atoms with E-state index in [0.29, 0.717) is 5.41 Å². The quantitative estimate of drug-likeness (QED) is 0.503. The lowest BCUT2D eigenvalue weighted by Gasteiger charge is -2.34. The van der Waals surface area contributed by atoms with E-state index in [-0.39, 0.29) is 0 Å². The second kappa shape index (κ2) is 5.40. The molecule has 0 N–H and O–H groups in total. The zero-order valence-corrected chi connectivity index (χ0v) is 9.24. The number of rotatable bonds is 1. The monoisotopic (exact) mass is 168 g/mol. The van der Waals surface area contributed by atoms with Crippen LogP contribution in [0.4, 0.5) is 0 Å². The van der Waals surface area contributed by atoms with Crippen LogP contribution in [0.15, 0.2) is 12.2 Å². The van der Waals surface area contributed by atoms with Crippen molar-refractivity contribution in [1.82, 2.24) is 0 Å². The summed E-state index contributed by atoms with van der Waals surface area (Å²) >= 11 is 0. The molecule has 0 saturated heterocycles. The molecule has 0 aromatic rings. The van der Waals surface area contributed by atoms with E-state index >= 15 is 0 Å². The van der Waals surface area contributed by atoms with Gasteiger partial charge in [-0.3, -0.25) is 0 Å². The largest absolute Gasteiger partial charge is 0.0996 e. The molecule has 1 saturated carbocycles. The Hall–Kier alpha value is -0.260.